The zero-order chi connectivity index (χ0) is 47.8. The van der Waals surface area contributed by atoms with Gasteiger partial charge in [0.15, 0.2) is 5.82 Å². The number of piperidine rings is 1. The molecule has 19 heteroatoms. The maximum Gasteiger partial charge on any atom is 0.264 e. The molecular formula is C50H52F2N10O7. The highest BCUT2D eigenvalue weighted by atomic mass is 19.3. The summed E-state index contributed by atoms with van der Waals surface area (Å²) in [7, 11) is 0. The standard InChI is InChI=1S/C50H52F2N10O7/c1-28(48(66)57-18-16-56(17-19-57)32-5-6-33-36(23-32)50(68)61(49(33)67)42-7-8-44(64)54-47(42)65)60-27-38(37-25-53-13-9-40(37)60)34-22-30-4-3-14-59(43(30)24-35(34)45(51)52)46-39-26-58(29(2)63)15-10-41(39)62(55-46)31-11-20-69-21-12-31/h5-6,9,13,22-25,27-28,31,42,45H,3-4,7-8,10-12,14-21,26H2,1-2H3,(H,54,64,65)/t28-,42?/m1/s1. The molecule has 3 saturated heterocycles. The van der Waals surface area contributed by atoms with E-state index < -0.39 is 42.1 Å². The first-order chi connectivity index (χ1) is 33.4. The molecule has 3 aromatic heterocycles. The number of pyridine rings is 1. The first-order valence-electron chi connectivity index (χ1n) is 23.9. The van der Waals surface area contributed by atoms with Gasteiger partial charge in [-0.3, -0.25) is 48.6 Å². The third-order valence-corrected chi connectivity index (χ3v) is 15.0. The van der Waals surface area contributed by atoms with Crippen LogP contribution in [0, 0.1) is 0 Å². The number of carbonyl (C=O) groups excluding carboxylic acids is 6. The van der Waals surface area contributed by atoms with Gasteiger partial charge in [-0.05, 0) is 86.6 Å². The van der Waals surface area contributed by atoms with Crippen LogP contribution in [-0.2, 0) is 43.3 Å². The fourth-order valence-electron chi connectivity index (χ4n) is 11.3. The SMILES string of the molecule is CC(=O)N1CCc2c(c(N3CCCc4cc(-c5cn([C@H](C)C(=O)N6CCN(c7ccc8c(c7)C(=O)N(C7CCC(=O)NC7=O)C8=O)CC6)c6ccncc56)c(C(F)F)cc43)nn2C2CCOCC2)C1. The van der Waals surface area contributed by atoms with E-state index in [-0.39, 0.29) is 47.4 Å². The first-order valence-corrected chi connectivity index (χ1v) is 23.9. The van der Waals surface area contributed by atoms with Crippen LogP contribution in [0.2, 0.25) is 0 Å². The van der Waals surface area contributed by atoms with E-state index in [4.69, 9.17) is 9.84 Å². The number of fused-ring (bicyclic) bond motifs is 4. The molecule has 2 aromatic carbocycles. The number of amides is 6. The Labute approximate surface area is 395 Å². The number of anilines is 3. The van der Waals surface area contributed by atoms with Crippen molar-refractivity contribution in [2.45, 2.75) is 89.9 Å². The van der Waals surface area contributed by atoms with E-state index in [0.29, 0.717) is 111 Å². The first kappa shape index (κ1) is 44.5. The highest BCUT2D eigenvalue weighted by molar-refractivity contribution is 6.23. The highest BCUT2D eigenvalue weighted by Crippen LogP contribution is 2.46. The van der Waals surface area contributed by atoms with Crippen molar-refractivity contribution >= 4 is 63.5 Å². The Morgan fingerprint density at radius 3 is 2.38 bits per heavy atom. The van der Waals surface area contributed by atoms with Gasteiger partial charge >= 0.3 is 0 Å². The zero-order valence-corrected chi connectivity index (χ0v) is 38.5. The number of nitrogens with one attached hydrogen (secondary N) is 1. The van der Waals surface area contributed by atoms with Crippen LogP contribution in [0.5, 0.6) is 0 Å². The number of aromatic nitrogens is 4. The Morgan fingerprint density at radius 2 is 1.62 bits per heavy atom. The third-order valence-electron chi connectivity index (χ3n) is 15.0. The number of hydrogen-bond acceptors (Lipinski definition) is 11. The van der Waals surface area contributed by atoms with Gasteiger partial charge in [0.05, 0.1) is 29.2 Å². The van der Waals surface area contributed by atoms with Gasteiger partial charge in [0, 0.05) is 130 Å². The van der Waals surface area contributed by atoms with Gasteiger partial charge in [-0.25, -0.2) is 8.78 Å². The number of alkyl halides is 2. The largest absolute Gasteiger partial charge is 0.381 e. The molecule has 0 saturated carbocycles. The molecule has 358 valence electrons. The summed E-state index contributed by atoms with van der Waals surface area (Å²) in [5.41, 5.74) is 6.19. The van der Waals surface area contributed by atoms with Crippen LogP contribution < -0.4 is 15.1 Å². The van der Waals surface area contributed by atoms with E-state index >= 15 is 8.78 Å². The number of benzene rings is 2. The van der Waals surface area contributed by atoms with Crippen molar-refractivity contribution in [1.82, 2.24) is 39.3 Å². The van der Waals surface area contributed by atoms with Crippen LogP contribution in [0.1, 0.15) is 108 Å². The molecule has 0 spiro atoms. The molecule has 0 radical (unpaired) electrons. The number of nitrogens with zero attached hydrogens (tertiary/aromatic N) is 9. The molecule has 0 aliphatic carbocycles. The second-order valence-corrected chi connectivity index (χ2v) is 18.9. The summed E-state index contributed by atoms with van der Waals surface area (Å²) < 4.78 is 40.7. The van der Waals surface area contributed by atoms with Crippen LogP contribution in [0.3, 0.4) is 0 Å². The normalized spacial score (nSPS) is 20.4. The van der Waals surface area contributed by atoms with Crippen LogP contribution in [0.4, 0.5) is 26.0 Å². The number of halogens is 2. The summed E-state index contributed by atoms with van der Waals surface area (Å²) in [6.45, 7) is 7.85. The number of imide groups is 2. The van der Waals surface area contributed by atoms with Gasteiger partial charge in [0.2, 0.25) is 23.6 Å². The van der Waals surface area contributed by atoms with Crippen molar-refractivity contribution in [2.24, 2.45) is 0 Å². The molecule has 17 nitrogen and oxygen atoms in total. The van der Waals surface area contributed by atoms with Crippen molar-refractivity contribution in [3.63, 3.8) is 0 Å². The van der Waals surface area contributed by atoms with Crippen molar-refractivity contribution in [3.8, 4) is 11.1 Å². The van der Waals surface area contributed by atoms with Crippen LogP contribution in [0.25, 0.3) is 22.0 Å². The van der Waals surface area contributed by atoms with Crippen molar-refractivity contribution in [3.05, 3.63) is 88.5 Å². The number of hydrogen-bond donors (Lipinski definition) is 1. The van der Waals surface area contributed by atoms with Gasteiger partial charge in [-0.2, -0.15) is 5.10 Å². The average Bonchev–Trinajstić information content (AvgIpc) is 4.02. The lowest BCUT2D eigenvalue weighted by molar-refractivity contribution is -0.136. The lowest BCUT2D eigenvalue weighted by Gasteiger charge is -2.37. The predicted octanol–water partition coefficient (Wildman–Crippen LogP) is 5.49. The maximum atomic E-state index is 15.5. The summed E-state index contributed by atoms with van der Waals surface area (Å²) in [6, 6.07) is 8.65. The van der Waals surface area contributed by atoms with E-state index in [2.05, 4.69) is 19.9 Å². The second kappa shape index (κ2) is 17.5. The summed E-state index contributed by atoms with van der Waals surface area (Å²) in [5.74, 6) is -1.73. The predicted molar refractivity (Wildman–Crippen MR) is 248 cm³/mol. The molecule has 6 aliphatic heterocycles. The molecule has 6 amide bonds. The molecule has 5 aromatic rings. The van der Waals surface area contributed by atoms with E-state index in [9.17, 15) is 28.8 Å². The smallest absolute Gasteiger partial charge is 0.264 e. The van der Waals surface area contributed by atoms with E-state index in [1.807, 2.05) is 27.4 Å². The van der Waals surface area contributed by atoms with Gasteiger partial charge < -0.3 is 28.9 Å². The molecule has 3 fully saturated rings. The van der Waals surface area contributed by atoms with Gasteiger partial charge in [-0.15, -0.1) is 0 Å². The Morgan fingerprint density at radius 1 is 0.841 bits per heavy atom. The number of rotatable bonds is 8. The molecule has 1 unspecified atom stereocenters. The van der Waals surface area contributed by atoms with Gasteiger partial charge in [0.25, 0.3) is 18.2 Å². The summed E-state index contributed by atoms with van der Waals surface area (Å²) >= 11 is 0. The Balaban J connectivity index is 0.849. The summed E-state index contributed by atoms with van der Waals surface area (Å²) in [6.07, 6.45) is 6.10. The zero-order valence-electron chi connectivity index (χ0n) is 38.5. The summed E-state index contributed by atoms with van der Waals surface area (Å²) in [4.78, 5) is 91.1. The Hall–Kier alpha value is -7.02. The molecule has 0 bridgehead atoms. The fourth-order valence-corrected chi connectivity index (χ4v) is 11.3. The molecule has 1 N–H and O–H groups in total. The third kappa shape index (κ3) is 7.61. The maximum absolute atomic E-state index is 15.5. The Bertz CT molecular complexity index is 2970. The molecule has 69 heavy (non-hydrogen) atoms. The lowest BCUT2D eigenvalue weighted by Crippen LogP contribution is -2.54. The van der Waals surface area contributed by atoms with E-state index in [1.165, 1.54) is 0 Å². The number of piperazine rings is 1. The molecular weight excluding hydrogens is 891 g/mol. The lowest BCUT2D eigenvalue weighted by atomic mass is 9.91. The number of ether oxygens (including phenoxy) is 1. The van der Waals surface area contributed by atoms with Gasteiger partial charge in [-0.1, -0.05) is 0 Å². The van der Waals surface area contributed by atoms with Crippen molar-refractivity contribution in [1.29, 1.82) is 0 Å². The topological polar surface area (TPSA) is 176 Å². The minimum atomic E-state index is -2.82. The fraction of sp³-hybridized carbons (Fsp3) is 0.440. The molecule has 9 heterocycles. The second-order valence-electron chi connectivity index (χ2n) is 18.9. The van der Waals surface area contributed by atoms with Crippen molar-refractivity contribution < 1.29 is 42.3 Å². The van der Waals surface area contributed by atoms with Gasteiger partial charge in [0.1, 0.15) is 12.1 Å². The summed E-state index contributed by atoms with van der Waals surface area (Å²) in [5, 5.41) is 8.09. The molecule has 2 atom stereocenters. The van der Waals surface area contributed by atoms with Crippen molar-refractivity contribution in [2.75, 3.05) is 62.3 Å². The molecule has 11 rings (SSSR count). The number of aryl methyl sites for hydroxylation is 1. The molecule has 6 aliphatic rings. The quantitative estimate of drug-likeness (QED) is 0.195. The monoisotopic (exact) mass is 942 g/mol. The average molecular weight is 943 g/mol. The van der Waals surface area contributed by atoms with E-state index in [1.54, 1.807) is 60.7 Å². The minimum absolute atomic E-state index is 0.0175. The van der Waals surface area contributed by atoms with Crippen LogP contribution >= 0.6 is 0 Å². The minimum Gasteiger partial charge on any atom is -0.381 e. The Kier molecular flexibility index (Phi) is 11.3. The van der Waals surface area contributed by atoms with Crippen LogP contribution in [-0.4, -0.2) is 128 Å². The van der Waals surface area contributed by atoms with Crippen LogP contribution in [0.15, 0.2) is 55.0 Å². The van der Waals surface area contributed by atoms with E-state index in [0.717, 1.165) is 41.0 Å². The highest BCUT2D eigenvalue weighted by Gasteiger charge is 2.45. The number of carbonyl (C=O) groups is 6.